The number of hydrogen-bond donors (Lipinski definition) is 3. The molecule has 0 saturated carbocycles. The molecule has 130 valence electrons. The molecule has 3 aromatic rings. The van der Waals surface area contributed by atoms with Crippen LogP contribution in [0.25, 0.3) is 10.9 Å². The van der Waals surface area contributed by atoms with Crippen molar-refractivity contribution in [2.24, 2.45) is 0 Å². The van der Waals surface area contributed by atoms with Gasteiger partial charge in [-0.05, 0) is 35.9 Å². The molecule has 0 unspecified atom stereocenters. The highest BCUT2D eigenvalue weighted by molar-refractivity contribution is 5.92. The molecule has 0 fully saturated rings. The van der Waals surface area contributed by atoms with Crippen LogP contribution in [0.4, 0.5) is 10.5 Å². The van der Waals surface area contributed by atoms with E-state index in [0.717, 1.165) is 22.2 Å². The van der Waals surface area contributed by atoms with Crippen LogP contribution < -0.4 is 15.4 Å². The summed E-state index contributed by atoms with van der Waals surface area (Å²) in [5.74, 6) is 0.777. The summed E-state index contributed by atoms with van der Waals surface area (Å²) in [5, 5.41) is 13.4. The SMILES string of the molecule is COCCOc1ccc(CNC(=O)Nc2ccc3[nH]ncc3c2)cc1. The molecule has 0 aliphatic heterocycles. The predicted molar refractivity (Wildman–Crippen MR) is 95.8 cm³/mol. The largest absolute Gasteiger partial charge is 0.491 e. The van der Waals surface area contributed by atoms with Crippen LogP contribution in [0, 0.1) is 0 Å². The maximum atomic E-state index is 12.0. The number of amides is 2. The van der Waals surface area contributed by atoms with Gasteiger partial charge >= 0.3 is 6.03 Å². The topological polar surface area (TPSA) is 88.3 Å². The summed E-state index contributed by atoms with van der Waals surface area (Å²) < 4.78 is 10.4. The lowest BCUT2D eigenvalue weighted by molar-refractivity contribution is 0.146. The van der Waals surface area contributed by atoms with Gasteiger partial charge in [0.05, 0.1) is 18.3 Å². The number of rotatable bonds is 7. The van der Waals surface area contributed by atoms with Gasteiger partial charge in [-0.25, -0.2) is 4.79 Å². The number of urea groups is 1. The summed E-state index contributed by atoms with van der Waals surface area (Å²) in [4.78, 5) is 12.0. The number of nitrogens with zero attached hydrogens (tertiary/aromatic N) is 1. The maximum Gasteiger partial charge on any atom is 0.319 e. The van der Waals surface area contributed by atoms with Crippen molar-refractivity contribution < 1.29 is 14.3 Å². The highest BCUT2D eigenvalue weighted by Crippen LogP contribution is 2.16. The van der Waals surface area contributed by atoms with Gasteiger partial charge in [0, 0.05) is 24.7 Å². The minimum absolute atomic E-state index is 0.261. The van der Waals surface area contributed by atoms with Crippen molar-refractivity contribution >= 4 is 22.6 Å². The Kier molecular flexibility index (Phi) is 5.48. The Morgan fingerprint density at radius 3 is 2.80 bits per heavy atom. The third-order valence-corrected chi connectivity index (χ3v) is 3.63. The Bertz CT molecular complexity index is 830. The van der Waals surface area contributed by atoms with Crippen LogP contribution in [0.5, 0.6) is 5.75 Å². The van der Waals surface area contributed by atoms with E-state index in [0.29, 0.717) is 25.4 Å². The molecule has 0 spiro atoms. The average Bonchev–Trinajstić information content (AvgIpc) is 3.09. The number of carbonyl (C=O) groups is 1. The zero-order valence-electron chi connectivity index (χ0n) is 13.9. The summed E-state index contributed by atoms with van der Waals surface area (Å²) in [6.45, 7) is 1.49. The van der Waals surface area contributed by atoms with Gasteiger partial charge in [0.2, 0.25) is 0 Å². The Labute approximate surface area is 145 Å². The van der Waals surface area contributed by atoms with Crippen LogP contribution in [0.15, 0.2) is 48.7 Å². The molecule has 2 amide bonds. The molecule has 0 aliphatic rings. The average molecular weight is 340 g/mol. The van der Waals surface area contributed by atoms with Gasteiger partial charge in [0.1, 0.15) is 12.4 Å². The van der Waals surface area contributed by atoms with E-state index in [1.165, 1.54) is 0 Å². The minimum atomic E-state index is -0.261. The molecule has 1 heterocycles. The molecule has 0 bridgehead atoms. The van der Waals surface area contributed by atoms with Crippen LogP contribution in [0.1, 0.15) is 5.56 Å². The van der Waals surface area contributed by atoms with E-state index >= 15 is 0 Å². The van der Waals surface area contributed by atoms with Gasteiger partial charge in [-0.3, -0.25) is 5.10 Å². The third-order valence-electron chi connectivity index (χ3n) is 3.63. The molecule has 3 N–H and O–H groups in total. The molecule has 7 heteroatoms. The van der Waals surface area contributed by atoms with Crippen LogP contribution >= 0.6 is 0 Å². The first-order valence-electron chi connectivity index (χ1n) is 7.93. The van der Waals surface area contributed by atoms with Gasteiger partial charge in [0.25, 0.3) is 0 Å². The number of aromatic amines is 1. The number of ether oxygens (including phenoxy) is 2. The van der Waals surface area contributed by atoms with Gasteiger partial charge < -0.3 is 20.1 Å². The molecule has 0 atom stereocenters. The molecule has 0 aliphatic carbocycles. The number of benzene rings is 2. The number of fused-ring (bicyclic) bond motifs is 1. The molecule has 7 nitrogen and oxygen atoms in total. The van der Waals surface area contributed by atoms with Crippen molar-refractivity contribution in [2.45, 2.75) is 6.54 Å². The molecule has 0 radical (unpaired) electrons. The van der Waals surface area contributed by atoms with Crippen molar-refractivity contribution in [3.63, 3.8) is 0 Å². The van der Waals surface area contributed by atoms with E-state index in [2.05, 4.69) is 20.8 Å². The van der Waals surface area contributed by atoms with E-state index in [1.54, 1.807) is 13.3 Å². The number of aromatic nitrogens is 2. The van der Waals surface area contributed by atoms with Gasteiger partial charge in [-0.1, -0.05) is 12.1 Å². The van der Waals surface area contributed by atoms with Crippen LogP contribution in [0.3, 0.4) is 0 Å². The van der Waals surface area contributed by atoms with Gasteiger partial charge in [0.15, 0.2) is 0 Å². The predicted octanol–water partition coefficient (Wildman–Crippen LogP) is 2.91. The summed E-state index contributed by atoms with van der Waals surface area (Å²) >= 11 is 0. The summed E-state index contributed by atoms with van der Waals surface area (Å²) in [6, 6.07) is 12.9. The quantitative estimate of drug-likeness (QED) is 0.577. The summed E-state index contributed by atoms with van der Waals surface area (Å²) in [6.07, 6.45) is 1.72. The first kappa shape index (κ1) is 16.8. The first-order chi connectivity index (χ1) is 12.2. The number of hydrogen-bond acceptors (Lipinski definition) is 4. The Morgan fingerprint density at radius 2 is 2.00 bits per heavy atom. The van der Waals surface area contributed by atoms with Crippen LogP contribution in [0.2, 0.25) is 0 Å². The second-order valence-electron chi connectivity index (χ2n) is 5.46. The Hall–Kier alpha value is -3.06. The molecule has 3 rings (SSSR count). The summed E-state index contributed by atoms with van der Waals surface area (Å²) in [7, 11) is 1.64. The van der Waals surface area contributed by atoms with Crippen LogP contribution in [-0.4, -0.2) is 36.6 Å². The fourth-order valence-corrected chi connectivity index (χ4v) is 2.32. The second-order valence-corrected chi connectivity index (χ2v) is 5.46. The van der Waals surface area contributed by atoms with Gasteiger partial charge in [-0.2, -0.15) is 5.10 Å². The van der Waals surface area contributed by atoms with E-state index < -0.39 is 0 Å². The zero-order valence-corrected chi connectivity index (χ0v) is 13.9. The summed E-state index contributed by atoms with van der Waals surface area (Å²) in [5.41, 5.74) is 2.63. The lowest BCUT2D eigenvalue weighted by atomic mass is 10.2. The fourth-order valence-electron chi connectivity index (χ4n) is 2.32. The number of methoxy groups -OCH3 is 1. The smallest absolute Gasteiger partial charge is 0.319 e. The molecule has 0 saturated heterocycles. The highest BCUT2D eigenvalue weighted by Gasteiger charge is 2.04. The van der Waals surface area contributed by atoms with Crippen molar-refractivity contribution in [2.75, 3.05) is 25.6 Å². The number of H-pyrrole nitrogens is 1. The Morgan fingerprint density at radius 1 is 1.16 bits per heavy atom. The molecule has 25 heavy (non-hydrogen) atoms. The Balaban J connectivity index is 1.48. The number of anilines is 1. The standard InChI is InChI=1S/C18H20N4O3/c1-24-8-9-25-16-5-2-13(3-6-16)11-19-18(23)21-15-4-7-17-14(10-15)12-20-22-17/h2-7,10,12H,8-9,11H2,1H3,(H,20,22)(H2,19,21,23). The van der Waals surface area contributed by atoms with Crippen molar-refractivity contribution in [3.8, 4) is 5.75 Å². The van der Waals surface area contributed by atoms with Crippen LogP contribution in [-0.2, 0) is 11.3 Å². The monoisotopic (exact) mass is 340 g/mol. The molecule has 2 aromatic carbocycles. The van der Waals surface area contributed by atoms with Gasteiger partial charge in [-0.15, -0.1) is 0 Å². The maximum absolute atomic E-state index is 12.0. The van der Waals surface area contributed by atoms with Crippen molar-refractivity contribution in [1.82, 2.24) is 15.5 Å². The van der Waals surface area contributed by atoms with E-state index in [9.17, 15) is 4.79 Å². The minimum Gasteiger partial charge on any atom is -0.491 e. The second kappa shape index (κ2) is 8.16. The van der Waals surface area contributed by atoms with E-state index in [4.69, 9.17) is 9.47 Å². The normalized spacial score (nSPS) is 10.6. The van der Waals surface area contributed by atoms with Crippen molar-refractivity contribution in [3.05, 3.63) is 54.2 Å². The van der Waals surface area contributed by atoms with E-state index in [-0.39, 0.29) is 6.03 Å². The number of carbonyl (C=O) groups excluding carboxylic acids is 1. The molecular formula is C18H20N4O3. The highest BCUT2D eigenvalue weighted by atomic mass is 16.5. The lowest BCUT2D eigenvalue weighted by Gasteiger charge is -2.09. The first-order valence-corrected chi connectivity index (χ1v) is 7.93. The fraction of sp³-hybridized carbons (Fsp3) is 0.222. The molecule has 1 aromatic heterocycles. The third kappa shape index (κ3) is 4.71. The van der Waals surface area contributed by atoms with E-state index in [1.807, 2.05) is 42.5 Å². The zero-order chi connectivity index (χ0) is 17.5. The molecular weight excluding hydrogens is 320 g/mol. The van der Waals surface area contributed by atoms with Crippen molar-refractivity contribution in [1.29, 1.82) is 0 Å². The lowest BCUT2D eigenvalue weighted by Crippen LogP contribution is -2.28. The number of nitrogens with one attached hydrogen (secondary N) is 3.